The van der Waals surface area contributed by atoms with Gasteiger partial charge < -0.3 is 5.73 Å². The summed E-state index contributed by atoms with van der Waals surface area (Å²) in [6.45, 7) is 6.50. The van der Waals surface area contributed by atoms with E-state index >= 15 is 0 Å². The Kier molecular flexibility index (Phi) is 5.29. The average Bonchev–Trinajstić information content (AvgIpc) is 2.26. The van der Waals surface area contributed by atoms with Crippen molar-refractivity contribution in [1.82, 2.24) is 4.31 Å². The Hall–Kier alpha value is -0.980. The van der Waals surface area contributed by atoms with Gasteiger partial charge in [0.15, 0.2) is 0 Å². The number of hydrogen-bond acceptors (Lipinski definition) is 3. The summed E-state index contributed by atoms with van der Waals surface area (Å²) in [5.74, 6) is -0.0456. The summed E-state index contributed by atoms with van der Waals surface area (Å²) in [5, 5.41) is 0. The summed E-state index contributed by atoms with van der Waals surface area (Å²) >= 11 is 4.90. The molecule has 0 spiro atoms. The molecule has 0 saturated carbocycles. The number of hydrogen-bond donors (Lipinski definition) is 1. The standard InChI is InChI=1S/C14H22N2O2S2/c1-14(2,3)10-16(4)20(17,18)9-11-6-5-7-12(8-11)13(15)19/h5-8H,9-10H2,1-4H3,(H2,15,19). The van der Waals surface area contributed by atoms with Gasteiger partial charge in [-0.25, -0.2) is 12.7 Å². The third-order valence-electron chi connectivity index (χ3n) is 2.73. The van der Waals surface area contributed by atoms with Crippen LogP contribution in [0, 0.1) is 5.41 Å². The Labute approximate surface area is 127 Å². The fourth-order valence-electron chi connectivity index (χ4n) is 1.90. The van der Waals surface area contributed by atoms with E-state index in [9.17, 15) is 8.42 Å². The Balaban J connectivity index is 2.91. The van der Waals surface area contributed by atoms with Gasteiger partial charge >= 0.3 is 0 Å². The van der Waals surface area contributed by atoms with Crippen LogP contribution in [0.1, 0.15) is 31.9 Å². The summed E-state index contributed by atoms with van der Waals surface area (Å²) in [5.41, 5.74) is 6.86. The molecular formula is C14H22N2O2S2. The van der Waals surface area contributed by atoms with E-state index in [4.69, 9.17) is 18.0 Å². The molecule has 1 aromatic rings. The molecule has 0 aromatic heterocycles. The Morgan fingerprint density at radius 1 is 1.35 bits per heavy atom. The van der Waals surface area contributed by atoms with Crippen LogP contribution in [0.4, 0.5) is 0 Å². The number of sulfonamides is 1. The first kappa shape index (κ1) is 17.1. The van der Waals surface area contributed by atoms with Gasteiger partial charge in [0.25, 0.3) is 0 Å². The highest BCUT2D eigenvalue weighted by Gasteiger charge is 2.23. The minimum Gasteiger partial charge on any atom is -0.389 e. The molecule has 0 bridgehead atoms. The van der Waals surface area contributed by atoms with E-state index in [0.717, 1.165) is 0 Å². The van der Waals surface area contributed by atoms with Crippen LogP contribution in [0.3, 0.4) is 0 Å². The van der Waals surface area contributed by atoms with Crippen molar-refractivity contribution in [2.24, 2.45) is 11.1 Å². The van der Waals surface area contributed by atoms with Crippen molar-refractivity contribution in [3.05, 3.63) is 35.4 Å². The predicted octanol–water partition coefficient (Wildman–Crippen LogP) is 2.13. The summed E-state index contributed by atoms with van der Waals surface area (Å²) in [6.07, 6.45) is 0. The highest BCUT2D eigenvalue weighted by atomic mass is 32.2. The smallest absolute Gasteiger partial charge is 0.218 e. The molecular weight excluding hydrogens is 292 g/mol. The molecule has 0 amide bonds. The highest BCUT2D eigenvalue weighted by molar-refractivity contribution is 7.88. The van der Waals surface area contributed by atoms with E-state index in [0.29, 0.717) is 17.7 Å². The second-order valence-corrected chi connectivity index (χ2v) is 8.65. The maximum absolute atomic E-state index is 12.3. The molecule has 0 fully saturated rings. The summed E-state index contributed by atoms with van der Waals surface area (Å²) in [4.78, 5) is 0.271. The van der Waals surface area contributed by atoms with Crippen LogP contribution in [0.2, 0.25) is 0 Å². The van der Waals surface area contributed by atoms with Crippen molar-refractivity contribution < 1.29 is 8.42 Å². The van der Waals surface area contributed by atoms with Crippen molar-refractivity contribution in [2.75, 3.05) is 13.6 Å². The third kappa shape index (κ3) is 5.19. The molecule has 0 aliphatic rings. The van der Waals surface area contributed by atoms with Gasteiger partial charge in [-0.3, -0.25) is 0 Å². The summed E-state index contributed by atoms with van der Waals surface area (Å²) in [7, 11) is -1.73. The lowest BCUT2D eigenvalue weighted by molar-refractivity contribution is 0.310. The van der Waals surface area contributed by atoms with Crippen molar-refractivity contribution >= 4 is 27.2 Å². The fourth-order valence-corrected chi connectivity index (χ4v) is 3.43. The zero-order valence-corrected chi connectivity index (χ0v) is 14.0. The van der Waals surface area contributed by atoms with Gasteiger partial charge in [0, 0.05) is 19.2 Å². The lowest BCUT2D eigenvalue weighted by atomic mass is 9.97. The van der Waals surface area contributed by atoms with E-state index in [1.54, 1.807) is 31.3 Å². The molecule has 1 rings (SSSR count). The van der Waals surface area contributed by atoms with Gasteiger partial charge in [0.1, 0.15) is 4.99 Å². The maximum atomic E-state index is 12.3. The first-order chi connectivity index (χ1) is 9.01. The highest BCUT2D eigenvalue weighted by Crippen LogP contribution is 2.18. The van der Waals surface area contributed by atoms with E-state index in [-0.39, 0.29) is 16.2 Å². The van der Waals surface area contributed by atoms with E-state index < -0.39 is 10.0 Å². The molecule has 1 aromatic carbocycles. The monoisotopic (exact) mass is 314 g/mol. The number of benzene rings is 1. The number of nitrogens with two attached hydrogens (primary N) is 1. The largest absolute Gasteiger partial charge is 0.389 e. The molecule has 20 heavy (non-hydrogen) atoms. The molecule has 0 heterocycles. The van der Waals surface area contributed by atoms with Gasteiger partial charge in [-0.15, -0.1) is 0 Å². The Bertz CT molecular complexity index is 589. The summed E-state index contributed by atoms with van der Waals surface area (Å²) < 4.78 is 26.0. The van der Waals surface area contributed by atoms with E-state index in [2.05, 4.69) is 0 Å². The van der Waals surface area contributed by atoms with Gasteiger partial charge in [0.05, 0.1) is 5.75 Å². The first-order valence-corrected chi connectivity index (χ1v) is 8.36. The molecule has 0 unspecified atom stereocenters. The quantitative estimate of drug-likeness (QED) is 0.846. The zero-order chi connectivity index (χ0) is 15.6. The van der Waals surface area contributed by atoms with E-state index in [1.807, 2.05) is 20.8 Å². The lowest BCUT2D eigenvalue weighted by Crippen LogP contribution is -2.35. The van der Waals surface area contributed by atoms with E-state index in [1.165, 1.54) is 4.31 Å². The molecule has 0 aliphatic carbocycles. The van der Waals surface area contributed by atoms with Gasteiger partial charge in [-0.05, 0) is 17.0 Å². The van der Waals surface area contributed by atoms with Gasteiger partial charge in [-0.2, -0.15) is 0 Å². The first-order valence-electron chi connectivity index (χ1n) is 6.34. The van der Waals surface area contributed by atoms with Crippen molar-refractivity contribution in [3.63, 3.8) is 0 Å². The normalized spacial score (nSPS) is 12.7. The van der Waals surface area contributed by atoms with Crippen LogP contribution in [-0.4, -0.2) is 31.3 Å². The third-order valence-corrected chi connectivity index (χ3v) is 4.75. The number of rotatable bonds is 5. The minimum atomic E-state index is -3.34. The minimum absolute atomic E-state index is 0.0456. The van der Waals surface area contributed by atoms with Crippen LogP contribution in [0.5, 0.6) is 0 Å². The van der Waals surface area contributed by atoms with Crippen LogP contribution in [0.25, 0.3) is 0 Å². The zero-order valence-electron chi connectivity index (χ0n) is 12.4. The lowest BCUT2D eigenvalue weighted by Gasteiger charge is -2.26. The molecule has 0 radical (unpaired) electrons. The van der Waals surface area contributed by atoms with Crippen LogP contribution in [0.15, 0.2) is 24.3 Å². The number of nitrogens with zero attached hydrogens (tertiary/aromatic N) is 1. The molecule has 2 N–H and O–H groups in total. The average molecular weight is 314 g/mol. The maximum Gasteiger partial charge on any atom is 0.218 e. The van der Waals surface area contributed by atoms with Crippen molar-refractivity contribution in [2.45, 2.75) is 26.5 Å². The topological polar surface area (TPSA) is 63.4 Å². The molecule has 4 nitrogen and oxygen atoms in total. The molecule has 112 valence electrons. The molecule has 0 atom stereocenters. The van der Waals surface area contributed by atoms with Crippen molar-refractivity contribution in [3.8, 4) is 0 Å². The summed E-state index contributed by atoms with van der Waals surface area (Å²) in [6, 6.07) is 7.04. The molecule has 0 aliphatic heterocycles. The van der Waals surface area contributed by atoms with Crippen LogP contribution < -0.4 is 5.73 Å². The number of thiocarbonyl (C=S) groups is 1. The van der Waals surface area contributed by atoms with Crippen LogP contribution >= 0.6 is 12.2 Å². The van der Waals surface area contributed by atoms with Crippen LogP contribution in [-0.2, 0) is 15.8 Å². The molecule has 6 heteroatoms. The van der Waals surface area contributed by atoms with Gasteiger partial charge in [-0.1, -0.05) is 51.2 Å². The Morgan fingerprint density at radius 2 is 1.95 bits per heavy atom. The fraction of sp³-hybridized carbons (Fsp3) is 0.500. The Morgan fingerprint density at radius 3 is 2.45 bits per heavy atom. The SMILES string of the molecule is CN(CC(C)(C)C)S(=O)(=O)Cc1cccc(C(N)=S)c1. The molecule has 0 saturated heterocycles. The van der Waals surface area contributed by atoms with Gasteiger partial charge in [0.2, 0.25) is 10.0 Å². The second-order valence-electron chi connectivity index (χ2n) is 6.14. The second kappa shape index (κ2) is 6.20. The van der Waals surface area contributed by atoms with Crippen molar-refractivity contribution in [1.29, 1.82) is 0 Å². The predicted molar refractivity (Wildman–Crippen MR) is 87.0 cm³/mol.